The molecule has 3 fully saturated rings. The summed E-state index contributed by atoms with van der Waals surface area (Å²) >= 11 is 6.44. The summed E-state index contributed by atoms with van der Waals surface area (Å²) in [7, 11) is -3.95. The average molecular weight is 669 g/mol. The molecule has 0 radical (unpaired) electrons. The van der Waals surface area contributed by atoms with E-state index in [1.807, 2.05) is 38.2 Å². The Morgan fingerprint density at radius 1 is 1.24 bits per heavy atom. The molecule has 0 saturated heterocycles. The third kappa shape index (κ3) is 6.72. The zero-order chi connectivity index (χ0) is 32.6. The van der Waals surface area contributed by atoms with Gasteiger partial charge < -0.3 is 14.7 Å². The van der Waals surface area contributed by atoms with Gasteiger partial charge in [0.2, 0.25) is 10.0 Å². The van der Waals surface area contributed by atoms with Crippen molar-refractivity contribution in [2.45, 2.75) is 89.4 Å². The van der Waals surface area contributed by atoms with Gasteiger partial charge in [0.25, 0.3) is 5.91 Å². The number of allylic oxidation sites excluding steroid dienone is 5. The Morgan fingerprint density at radius 2 is 2.04 bits per heavy atom. The maximum Gasteiger partial charge on any atom is 0.264 e. The number of amides is 1. The molecule has 0 aromatic heterocycles. The molecule has 46 heavy (non-hydrogen) atoms. The number of carbonyl (C=O) groups excluding carboxylic acids is 1. The second kappa shape index (κ2) is 13.5. The van der Waals surface area contributed by atoms with E-state index in [1.54, 1.807) is 18.2 Å². The van der Waals surface area contributed by atoms with Crippen molar-refractivity contribution in [1.29, 1.82) is 0 Å². The van der Waals surface area contributed by atoms with Gasteiger partial charge in [-0.3, -0.25) is 4.79 Å². The van der Waals surface area contributed by atoms with Crippen LogP contribution in [0.3, 0.4) is 0 Å². The highest BCUT2D eigenvalue weighted by molar-refractivity contribution is 7.90. The van der Waals surface area contributed by atoms with E-state index in [4.69, 9.17) is 16.3 Å². The number of hydrogen-bond donors (Lipinski definition) is 2. The fourth-order valence-electron chi connectivity index (χ4n) is 8.17. The number of benzene rings is 1. The second-order valence-electron chi connectivity index (χ2n) is 14.5. The summed E-state index contributed by atoms with van der Waals surface area (Å²) in [5, 5.41) is 11.3. The van der Waals surface area contributed by atoms with Crippen molar-refractivity contribution in [3.63, 3.8) is 0 Å². The molecule has 9 heteroatoms. The van der Waals surface area contributed by atoms with Crippen molar-refractivity contribution in [1.82, 2.24) is 4.72 Å². The zero-order valence-corrected chi connectivity index (χ0v) is 28.8. The van der Waals surface area contributed by atoms with Crippen molar-refractivity contribution in [2.24, 2.45) is 29.1 Å². The molecule has 7 nitrogen and oxygen atoms in total. The Kier molecular flexibility index (Phi) is 9.80. The molecule has 1 spiro atoms. The highest BCUT2D eigenvalue weighted by Crippen LogP contribution is 2.49. The minimum absolute atomic E-state index is 0.113. The Bertz CT molecular complexity index is 1550. The van der Waals surface area contributed by atoms with Crippen LogP contribution in [0.25, 0.3) is 0 Å². The van der Waals surface area contributed by atoms with E-state index in [0.717, 1.165) is 68.2 Å². The highest BCUT2D eigenvalue weighted by atomic mass is 35.5. The van der Waals surface area contributed by atoms with Gasteiger partial charge >= 0.3 is 0 Å². The average Bonchev–Trinajstić information content (AvgIpc) is 3.13. The van der Waals surface area contributed by atoms with Crippen LogP contribution in [0.5, 0.6) is 5.75 Å². The zero-order valence-electron chi connectivity index (χ0n) is 27.2. The number of carbonyl (C=O) groups is 1. The second-order valence-corrected chi connectivity index (χ2v) is 16.8. The van der Waals surface area contributed by atoms with Crippen LogP contribution in [0.4, 0.5) is 5.69 Å². The van der Waals surface area contributed by atoms with Crippen LogP contribution in [-0.2, 0) is 10.0 Å². The lowest BCUT2D eigenvalue weighted by atomic mass is 9.67. The van der Waals surface area contributed by atoms with Gasteiger partial charge in [0.05, 0.1) is 23.6 Å². The first-order valence-electron chi connectivity index (χ1n) is 17.1. The lowest BCUT2D eigenvalue weighted by molar-refractivity contribution is 0.0452. The first-order valence-corrected chi connectivity index (χ1v) is 19.1. The summed E-state index contributed by atoms with van der Waals surface area (Å²) in [5.74, 6) is 0.598. The number of sulfonamides is 1. The van der Waals surface area contributed by atoms with Crippen LogP contribution in [0, 0.1) is 29.1 Å². The number of rotatable bonds is 3. The van der Waals surface area contributed by atoms with Crippen LogP contribution in [0.15, 0.2) is 65.3 Å². The summed E-state index contributed by atoms with van der Waals surface area (Å²) in [6.45, 7) is 10.2. The monoisotopic (exact) mass is 668 g/mol. The van der Waals surface area contributed by atoms with Crippen molar-refractivity contribution < 1.29 is 23.1 Å². The smallest absolute Gasteiger partial charge is 0.264 e. The minimum Gasteiger partial charge on any atom is -0.490 e. The molecule has 2 aliphatic heterocycles. The van der Waals surface area contributed by atoms with Gasteiger partial charge in [0, 0.05) is 29.1 Å². The molecule has 3 aliphatic carbocycles. The van der Waals surface area contributed by atoms with E-state index in [2.05, 4.69) is 16.2 Å². The SMILES string of the molecule is C=C1/C(=C\C(Cl)=C/C)CCC[C@]12COc1ccc3cc1N(C[C@@H]1CC[C@H]1[C@@H](O)/C=C/C[C@@H](C)[C@H](CC1CCC1)S(=O)(=O)NC3=O)C2. The topological polar surface area (TPSA) is 95.9 Å². The predicted molar refractivity (Wildman–Crippen MR) is 185 cm³/mol. The number of aliphatic hydroxyl groups excluding tert-OH is 1. The van der Waals surface area contributed by atoms with Gasteiger partial charge in [-0.2, -0.15) is 0 Å². The Labute approximate surface area is 279 Å². The third-order valence-corrected chi connectivity index (χ3v) is 13.8. The molecule has 5 aliphatic rings. The van der Waals surface area contributed by atoms with E-state index in [0.29, 0.717) is 54.8 Å². The fraction of sp³-hybridized carbons (Fsp3) is 0.595. The molecule has 250 valence electrons. The van der Waals surface area contributed by atoms with Gasteiger partial charge in [0.15, 0.2) is 0 Å². The summed E-state index contributed by atoms with van der Waals surface area (Å²) < 4.78 is 36.6. The minimum atomic E-state index is -3.95. The molecule has 1 aromatic carbocycles. The fourth-order valence-corrected chi connectivity index (χ4v) is 10.1. The molecule has 2 heterocycles. The van der Waals surface area contributed by atoms with Gasteiger partial charge in [-0.1, -0.05) is 62.6 Å². The number of halogens is 1. The van der Waals surface area contributed by atoms with E-state index < -0.39 is 27.3 Å². The van der Waals surface area contributed by atoms with E-state index in [9.17, 15) is 18.3 Å². The van der Waals surface area contributed by atoms with Gasteiger partial charge in [-0.05, 0) is 111 Å². The van der Waals surface area contributed by atoms with E-state index in [1.165, 1.54) is 0 Å². The van der Waals surface area contributed by atoms with Crippen LogP contribution >= 0.6 is 11.6 Å². The van der Waals surface area contributed by atoms with E-state index in [-0.39, 0.29) is 23.2 Å². The predicted octanol–water partition coefficient (Wildman–Crippen LogP) is 7.28. The normalized spacial score (nSPS) is 35.3. The van der Waals surface area contributed by atoms with Crippen molar-refractivity contribution >= 4 is 33.2 Å². The number of fused-ring (bicyclic) bond motifs is 2. The molecular formula is C37H49ClN2O5S. The van der Waals surface area contributed by atoms with Crippen LogP contribution in [-0.4, -0.2) is 50.5 Å². The summed E-state index contributed by atoms with van der Waals surface area (Å²) in [4.78, 5) is 16.0. The molecule has 6 rings (SSSR count). The molecule has 2 bridgehead atoms. The number of nitrogens with one attached hydrogen (secondary N) is 1. The molecule has 0 unspecified atom stereocenters. The molecule has 6 atom stereocenters. The van der Waals surface area contributed by atoms with Crippen molar-refractivity contribution in [3.05, 3.63) is 70.8 Å². The molecule has 1 amide bonds. The summed E-state index contributed by atoms with van der Waals surface area (Å²) in [6, 6.07) is 5.26. The largest absolute Gasteiger partial charge is 0.490 e. The molecular weight excluding hydrogens is 620 g/mol. The van der Waals surface area contributed by atoms with E-state index >= 15 is 0 Å². The van der Waals surface area contributed by atoms with Crippen molar-refractivity contribution in [3.8, 4) is 5.75 Å². The quantitative estimate of drug-likeness (QED) is 0.329. The molecule has 2 N–H and O–H groups in total. The first-order chi connectivity index (χ1) is 22.0. The number of aliphatic hydroxyl groups is 1. The van der Waals surface area contributed by atoms with Gasteiger partial charge in [0.1, 0.15) is 5.75 Å². The van der Waals surface area contributed by atoms with Crippen LogP contribution in [0.2, 0.25) is 0 Å². The third-order valence-electron chi connectivity index (χ3n) is 11.5. The van der Waals surface area contributed by atoms with Crippen LogP contribution < -0.4 is 14.4 Å². The Morgan fingerprint density at radius 3 is 2.74 bits per heavy atom. The number of anilines is 1. The van der Waals surface area contributed by atoms with Crippen LogP contribution in [0.1, 0.15) is 88.4 Å². The first kappa shape index (κ1) is 33.4. The van der Waals surface area contributed by atoms with Crippen molar-refractivity contribution in [2.75, 3.05) is 24.6 Å². The molecule has 3 saturated carbocycles. The van der Waals surface area contributed by atoms with Gasteiger partial charge in [-0.25, -0.2) is 13.1 Å². The summed E-state index contributed by atoms with van der Waals surface area (Å²) in [6.07, 6.45) is 16.1. The summed E-state index contributed by atoms with van der Waals surface area (Å²) in [5.41, 5.74) is 2.88. The highest BCUT2D eigenvalue weighted by Gasteiger charge is 2.45. The number of nitrogens with zero attached hydrogens (tertiary/aromatic N) is 1. The maximum atomic E-state index is 13.8. The standard InChI is InChI=1S/C37H49ClN2O5S/c1-4-30(38)19-27-11-7-17-37(25(27)3)22-40-21-29-13-15-31(29)33(41)12-5-8-24(2)35(18-26-9-6-10-26)46(43,44)39-36(42)28-14-16-34(45-23-37)32(40)20-28/h4-5,12,14,16,19-20,24,26,29,31,33,35,41H,3,6-11,13,15,17-18,21-23H2,1-2H3,(H,39,42)/b12-5+,27-19-,30-4+/t24-,29+,31-,33+,35+,37+/m1/s1. The lowest BCUT2D eigenvalue weighted by Gasteiger charge is -2.46. The van der Waals surface area contributed by atoms with Gasteiger partial charge in [-0.15, -0.1) is 0 Å². The number of ether oxygens (including phenoxy) is 1. The Balaban J connectivity index is 1.38. The number of hydrogen-bond acceptors (Lipinski definition) is 6. The maximum absolute atomic E-state index is 13.8. The molecule has 1 aromatic rings. The lowest BCUT2D eigenvalue weighted by Crippen LogP contribution is -2.48. The Hall–Kier alpha value is -2.55.